The van der Waals surface area contributed by atoms with Gasteiger partial charge in [0.25, 0.3) is 0 Å². The molecule has 0 bridgehead atoms. The van der Waals surface area contributed by atoms with E-state index in [0.29, 0.717) is 35.8 Å². The van der Waals surface area contributed by atoms with Crippen LogP contribution < -0.4 is 5.73 Å². The minimum absolute atomic E-state index is 0.0398. The molecule has 200 valence electrons. The second kappa shape index (κ2) is 9.91. The molecule has 39 heavy (non-hydrogen) atoms. The molecule has 8 heteroatoms. The van der Waals surface area contributed by atoms with E-state index in [0.717, 1.165) is 60.9 Å². The van der Waals surface area contributed by atoms with Crippen LogP contribution in [-0.4, -0.2) is 49.3 Å². The molecule has 4 aromatic rings. The summed E-state index contributed by atoms with van der Waals surface area (Å²) in [7, 11) is 0. The number of pyridine rings is 1. The van der Waals surface area contributed by atoms with E-state index in [4.69, 9.17) is 10.7 Å². The van der Waals surface area contributed by atoms with Crippen molar-refractivity contribution in [2.45, 2.75) is 58.3 Å². The average Bonchev–Trinajstić information content (AvgIpc) is 3.60. The number of fused-ring (bicyclic) bond motifs is 1. The molecular weight excluding hydrogens is 488 g/mol. The molecule has 2 aliphatic rings. The van der Waals surface area contributed by atoms with Crippen molar-refractivity contribution >= 4 is 23.2 Å². The maximum absolute atomic E-state index is 13.3. The number of rotatable bonds is 5. The number of Topliss-reactive ketones (excluding diaryl/α,β-unsaturated/α-hetero) is 1. The van der Waals surface area contributed by atoms with Crippen LogP contribution in [0.2, 0.25) is 0 Å². The highest BCUT2D eigenvalue weighted by Gasteiger charge is 2.40. The number of likely N-dealkylation sites (tertiary alicyclic amines) is 1. The van der Waals surface area contributed by atoms with E-state index in [2.05, 4.69) is 17.0 Å². The highest BCUT2D eigenvalue weighted by Crippen LogP contribution is 2.41. The van der Waals surface area contributed by atoms with Crippen molar-refractivity contribution in [3.8, 4) is 22.4 Å². The molecule has 4 heterocycles. The molecular formula is C31H34N6O2. The van der Waals surface area contributed by atoms with Crippen molar-refractivity contribution in [3.63, 3.8) is 0 Å². The van der Waals surface area contributed by atoms with Crippen LogP contribution >= 0.6 is 0 Å². The molecule has 1 saturated carbocycles. The first-order valence-electron chi connectivity index (χ1n) is 13.8. The van der Waals surface area contributed by atoms with Gasteiger partial charge in [0.2, 0.25) is 5.91 Å². The normalized spacial score (nSPS) is 17.5. The quantitative estimate of drug-likeness (QED) is 0.346. The van der Waals surface area contributed by atoms with Gasteiger partial charge >= 0.3 is 0 Å². The highest BCUT2D eigenvalue weighted by molar-refractivity contribution is 6.00. The fourth-order valence-corrected chi connectivity index (χ4v) is 6.33. The van der Waals surface area contributed by atoms with Gasteiger partial charge in [-0.1, -0.05) is 56.2 Å². The fraction of sp³-hybridized carbons (Fsp3) is 0.387. The van der Waals surface area contributed by atoms with Gasteiger partial charge in [-0.05, 0) is 38.7 Å². The lowest BCUT2D eigenvalue weighted by Gasteiger charge is -2.37. The third kappa shape index (κ3) is 4.47. The van der Waals surface area contributed by atoms with Crippen LogP contribution in [0.1, 0.15) is 74.3 Å². The summed E-state index contributed by atoms with van der Waals surface area (Å²) in [5, 5.41) is 4.49. The molecule has 2 fully saturated rings. The number of benzene rings is 1. The predicted molar refractivity (Wildman–Crippen MR) is 151 cm³/mol. The van der Waals surface area contributed by atoms with Gasteiger partial charge in [0.15, 0.2) is 11.4 Å². The maximum atomic E-state index is 13.3. The Kier molecular flexibility index (Phi) is 6.41. The Morgan fingerprint density at radius 2 is 1.69 bits per heavy atom. The largest absolute Gasteiger partial charge is 0.383 e. The van der Waals surface area contributed by atoms with Crippen molar-refractivity contribution in [1.29, 1.82) is 0 Å². The highest BCUT2D eigenvalue weighted by atomic mass is 16.2. The summed E-state index contributed by atoms with van der Waals surface area (Å²) in [5.74, 6) is 0.495. The second-order valence-electron chi connectivity index (χ2n) is 11.2. The van der Waals surface area contributed by atoms with E-state index in [1.54, 1.807) is 10.7 Å². The summed E-state index contributed by atoms with van der Waals surface area (Å²) in [6.07, 6.45) is 9.26. The van der Waals surface area contributed by atoms with Gasteiger partial charge in [-0.15, -0.1) is 0 Å². The van der Waals surface area contributed by atoms with Crippen LogP contribution in [0.15, 0.2) is 54.9 Å². The van der Waals surface area contributed by atoms with Gasteiger partial charge in [-0.3, -0.25) is 14.6 Å². The van der Waals surface area contributed by atoms with E-state index in [1.165, 1.54) is 6.92 Å². The first kappa shape index (κ1) is 25.2. The molecule has 2 N–H and O–H groups in total. The standard InChI is InChI=1S/C31H34N6O2/c1-20(38)26-27(22-12-16-36(17-13-22)30(39)31(2)14-6-7-15-31)35-29-24(19-34-37(29)28(26)32)23-10-11-25(33-18-23)21-8-4-3-5-9-21/h3-5,8-11,18-19,22H,6-7,12-17,32H2,1-2H3. The Bertz CT molecular complexity index is 1530. The number of amides is 1. The molecule has 3 aromatic heterocycles. The molecule has 1 saturated heterocycles. The first-order valence-corrected chi connectivity index (χ1v) is 13.8. The zero-order valence-electron chi connectivity index (χ0n) is 22.6. The van der Waals surface area contributed by atoms with Gasteiger partial charge < -0.3 is 10.6 Å². The fourth-order valence-electron chi connectivity index (χ4n) is 6.33. The number of nitrogen functional groups attached to an aromatic ring is 1. The van der Waals surface area contributed by atoms with Crippen molar-refractivity contribution in [3.05, 3.63) is 66.1 Å². The van der Waals surface area contributed by atoms with E-state index < -0.39 is 0 Å². The minimum Gasteiger partial charge on any atom is -0.383 e. The number of carbonyl (C=O) groups excluding carboxylic acids is 2. The van der Waals surface area contributed by atoms with Crippen LogP contribution in [0.4, 0.5) is 5.82 Å². The summed E-state index contributed by atoms with van der Waals surface area (Å²) >= 11 is 0. The Labute approximate surface area is 228 Å². The topological polar surface area (TPSA) is 106 Å². The molecule has 6 rings (SSSR count). The number of aromatic nitrogens is 4. The lowest BCUT2D eigenvalue weighted by molar-refractivity contribution is -0.142. The molecule has 0 spiro atoms. The van der Waals surface area contributed by atoms with E-state index in [-0.39, 0.29) is 23.0 Å². The number of nitrogens with zero attached hydrogens (tertiary/aromatic N) is 5. The molecule has 0 unspecified atom stereocenters. The van der Waals surface area contributed by atoms with Crippen molar-refractivity contribution in [1.82, 2.24) is 24.5 Å². The molecule has 1 aromatic carbocycles. The lowest BCUT2D eigenvalue weighted by atomic mass is 9.84. The number of nitrogens with two attached hydrogens (primary N) is 1. The van der Waals surface area contributed by atoms with Gasteiger partial charge in [-0.2, -0.15) is 9.61 Å². The van der Waals surface area contributed by atoms with E-state index in [9.17, 15) is 9.59 Å². The minimum atomic E-state index is -0.227. The molecule has 0 atom stereocenters. The number of hydrogen-bond donors (Lipinski definition) is 1. The van der Waals surface area contributed by atoms with Gasteiger partial charge in [0, 0.05) is 47.3 Å². The summed E-state index contributed by atoms with van der Waals surface area (Å²) in [6.45, 7) is 4.97. The van der Waals surface area contributed by atoms with Crippen molar-refractivity contribution in [2.24, 2.45) is 5.41 Å². The third-order valence-corrected chi connectivity index (χ3v) is 8.60. The third-order valence-electron chi connectivity index (χ3n) is 8.60. The SMILES string of the molecule is CC(=O)c1c(C2CCN(C(=O)C3(C)CCCC3)CC2)nc2c(-c3ccc(-c4ccccc4)nc3)cnn2c1N. The second-order valence-corrected chi connectivity index (χ2v) is 11.2. The average molecular weight is 523 g/mol. The van der Waals surface area contributed by atoms with Crippen LogP contribution in [0.5, 0.6) is 0 Å². The maximum Gasteiger partial charge on any atom is 0.228 e. The summed E-state index contributed by atoms with van der Waals surface area (Å²) < 4.78 is 1.56. The van der Waals surface area contributed by atoms with Gasteiger partial charge in [0.1, 0.15) is 5.82 Å². The summed E-state index contributed by atoms with van der Waals surface area (Å²) in [4.78, 5) is 37.8. The molecule has 1 aliphatic carbocycles. The monoisotopic (exact) mass is 522 g/mol. The lowest BCUT2D eigenvalue weighted by Crippen LogP contribution is -2.45. The van der Waals surface area contributed by atoms with Crippen LogP contribution in [0.3, 0.4) is 0 Å². The number of anilines is 1. The Hall–Kier alpha value is -4.07. The smallest absolute Gasteiger partial charge is 0.228 e. The number of piperidine rings is 1. The Morgan fingerprint density at radius 3 is 2.33 bits per heavy atom. The predicted octanol–water partition coefficient (Wildman–Crippen LogP) is 5.53. The van der Waals surface area contributed by atoms with Crippen molar-refractivity contribution in [2.75, 3.05) is 18.8 Å². The zero-order valence-corrected chi connectivity index (χ0v) is 22.6. The molecule has 0 radical (unpaired) electrons. The van der Waals surface area contributed by atoms with Crippen LogP contribution in [0.25, 0.3) is 28.0 Å². The van der Waals surface area contributed by atoms with Crippen LogP contribution in [-0.2, 0) is 4.79 Å². The molecule has 8 nitrogen and oxygen atoms in total. The number of carbonyl (C=O) groups is 2. The Morgan fingerprint density at radius 1 is 0.974 bits per heavy atom. The summed E-state index contributed by atoms with van der Waals surface area (Å²) in [5.41, 5.74) is 11.7. The number of ketones is 1. The molecule has 1 amide bonds. The Balaban J connectivity index is 1.32. The molecule has 1 aliphatic heterocycles. The van der Waals surface area contributed by atoms with E-state index in [1.807, 2.05) is 53.6 Å². The zero-order chi connectivity index (χ0) is 27.1. The first-order chi connectivity index (χ1) is 18.9. The van der Waals surface area contributed by atoms with Gasteiger partial charge in [0.05, 0.1) is 23.1 Å². The van der Waals surface area contributed by atoms with Gasteiger partial charge in [-0.25, -0.2) is 4.98 Å². The van der Waals surface area contributed by atoms with Crippen molar-refractivity contribution < 1.29 is 9.59 Å². The number of hydrogen-bond acceptors (Lipinski definition) is 6. The summed E-state index contributed by atoms with van der Waals surface area (Å²) in [6, 6.07) is 14.0. The van der Waals surface area contributed by atoms with Crippen LogP contribution in [0, 0.1) is 5.41 Å². The van der Waals surface area contributed by atoms with E-state index >= 15 is 0 Å².